The van der Waals surface area contributed by atoms with Gasteiger partial charge in [-0.05, 0) is 112 Å². The van der Waals surface area contributed by atoms with Gasteiger partial charge in [0.2, 0.25) is 0 Å². The molecule has 0 radical (unpaired) electrons. The first-order valence-electron chi connectivity index (χ1n) is 20.1. The number of nitrogens with zero attached hydrogens (tertiary/aromatic N) is 1. The summed E-state index contributed by atoms with van der Waals surface area (Å²) in [5.74, 6) is 2.46. The minimum Gasteiger partial charge on any atom is -0.455 e. The van der Waals surface area contributed by atoms with Crippen molar-refractivity contribution in [2.75, 3.05) is 0 Å². The molecule has 1 saturated heterocycles. The molecule has 2 heterocycles. The second kappa shape index (κ2) is 13.5. The van der Waals surface area contributed by atoms with E-state index in [1.54, 1.807) is 16.8 Å². The molecule has 3 aromatic rings. The van der Waals surface area contributed by atoms with E-state index in [2.05, 4.69) is 120 Å². The zero-order valence-electron chi connectivity index (χ0n) is 29.8. The molecular weight excluding hydrogens is 623 g/mol. The molecule has 3 nitrogen and oxygen atoms in total. The summed E-state index contributed by atoms with van der Waals surface area (Å²) in [6, 6.07) is 16.0. The fraction of sp³-hybridized carbons (Fsp3) is 0.417. The molecular formula is C48H51NO2. The lowest BCUT2D eigenvalue weighted by Crippen LogP contribution is -2.44. The lowest BCUT2D eigenvalue weighted by Gasteiger charge is -2.45. The molecule has 7 aliphatic rings. The molecule has 0 saturated carbocycles. The Morgan fingerprint density at radius 2 is 1.67 bits per heavy atom. The summed E-state index contributed by atoms with van der Waals surface area (Å²) in [6.07, 6.45) is 44.4. The predicted octanol–water partition coefficient (Wildman–Crippen LogP) is 12.0. The van der Waals surface area contributed by atoms with Gasteiger partial charge >= 0.3 is 0 Å². The minimum atomic E-state index is 0.236. The van der Waals surface area contributed by atoms with Crippen LogP contribution in [0.25, 0.3) is 27.5 Å². The van der Waals surface area contributed by atoms with Crippen LogP contribution in [-0.4, -0.2) is 29.2 Å². The van der Waals surface area contributed by atoms with Gasteiger partial charge in [0.05, 0.1) is 18.2 Å². The lowest BCUT2D eigenvalue weighted by molar-refractivity contribution is 0.0102. The van der Waals surface area contributed by atoms with E-state index >= 15 is 0 Å². The molecule has 3 heteroatoms. The maximum absolute atomic E-state index is 6.78. The highest BCUT2D eigenvalue weighted by atomic mass is 16.5. The molecule has 10 rings (SSSR count). The van der Waals surface area contributed by atoms with Crippen LogP contribution < -0.4 is 0 Å². The average molecular weight is 674 g/mol. The van der Waals surface area contributed by atoms with Gasteiger partial charge in [0.1, 0.15) is 11.2 Å². The highest BCUT2D eigenvalue weighted by Gasteiger charge is 2.45. The summed E-state index contributed by atoms with van der Waals surface area (Å²) in [5, 5.41) is 2.40. The van der Waals surface area contributed by atoms with Gasteiger partial charge in [-0.25, -0.2) is 0 Å². The molecule has 8 atom stereocenters. The second-order valence-corrected chi connectivity index (χ2v) is 16.2. The van der Waals surface area contributed by atoms with Crippen molar-refractivity contribution in [3.05, 3.63) is 138 Å². The van der Waals surface area contributed by atoms with Crippen LogP contribution in [-0.2, 0) is 4.74 Å². The lowest BCUT2D eigenvalue weighted by atomic mass is 9.71. The third-order valence-corrected chi connectivity index (χ3v) is 13.4. The van der Waals surface area contributed by atoms with E-state index in [1.165, 1.54) is 86.1 Å². The fourth-order valence-corrected chi connectivity index (χ4v) is 10.9. The Labute approximate surface area is 303 Å². The normalized spacial score (nSPS) is 33.0. The molecule has 51 heavy (non-hydrogen) atoms. The van der Waals surface area contributed by atoms with Gasteiger partial charge in [0.15, 0.2) is 0 Å². The van der Waals surface area contributed by atoms with Crippen LogP contribution in [0.2, 0.25) is 0 Å². The number of benzene rings is 2. The van der Waals surface area contributed by atoms with E-state index in [1.807, 2.05) is 0 Å². The Kier molecular flexibility index (Phi) is 8.36. The zero-order chi connectivity index (χ0) is 33.7. The first-order valence-corrected chi connectivity index (χ1v) is 20.1. The smallest absolute Gasteiger partial charge is 0.143 e. The number of rotatable bonds is 6. The highest BCUT2D eigenvalue weighted by molar-refractivity contribution is 6.08. The van der Waals surface area contributed by atoms with E-state index in [-0.39, 0.29) is 6.10 Å². The van der Waals surface area contributed by atoms with Crippen LogP contribution in [0.4, 0.5) is 0 Å². The van der Waals surface area contributed by atoms with E-state index < -0.39 is 0 Å². The Hall–Kier alpha value is -4.08. The zero-order valence-corrected chi connectivity index (χ0v) is 29.8. The number of furan rings is 1. The van der Waals surface area contributed by atoms with Crippen molar-refractivity contribution >= 4 is 27.5 Å². The van der Waals surface area contributed by atoms with Gasteiger partial charge in [0.25, 0.3) is 0 Å². The molecule has 1 fully saturated rings. The molecule has 1 aromatic heterocycles. The van der Waals surface area contributed by atoms with Crippen molar-refractivity contribution in [2.45, 2.75) is 101 Å². The molecule has 260 valence electrons. The van der Waals surface area contributed by atoms with Crippen molar-refractivity contribution in [2.24, 2.45) is 23.7 Å². The molecule has 6 aliphatic carbocycles. The van der Waals surface area contributed by atoms with Crippen LogP contribution >= 0.6 is 0 Å². The summed E-state index contributed by atoms with van der Waals surface area (Å²) in [4.78, 5) is 2.88. The summed E-state index contributed by atoms with van der Waals surface area (Å²) in [7, 11) is 0. The summed E-state index contributed by atoms with van der Waals surface area (Å²) >= 11 is 0. The van der Waals surface area contributed by atoms with Crippen LogP contribution in [0.15, 0.2) is 137 Å². The van der Waals surface area contributed by atoms with Crippen LogP contribution in [0.1, 0.15) is 82.6 Å². The number of ether oxygens (including phenoxy) is 1. The Morgan fingerprint density at radius 1 is 0.725 bits per heavy atom. The third-order valence-electron chi connectivity index (χ3n) is 13.4. The van der Waals surface area contributed by atoms with E-state index in [0.717, 1.165) is 24.0 Å². The summed E-state index contributed by atoms with van der Waals surface area (Å²) < 4.78 is 13.2. The molecule has 0 N–H and O–H groups in total. The highest BCUT2D eigenvalue weighted by Crippen LogP contribution is 2.48. The van der Waals surface area contributed by atoms with E-state index in [0.29, 0.717) is 41.9 Å². The van der Waals surface area contributed by atoms with Crippen LogP contribution in [0.3, 0.4) is 0 Å². The summed E-state index contributed by atoms with van der Waals surface area (Å²) in [5.41, 5.74) is 9.32. The standard InChI is InChI=1S/C48H51NO2/c1-2-10-32(11-3-1)33-20-26-36(27-21-33)49(37-28-22-34(23-29-37)39-14-8-16-43-41-12-4-6-18-45(41)50-47(39)43)38-30-24-35(25-31-38)40-15-9-17-44-42-13-5-7-19-46(42)51-48(40)44/h2,4-8,10,12-14,16-20,22-23,28,30,32,35-37,40,42,46,48H,1,3,9,11,15,21,24-27,29,31H2. The van der Waals surface area contributed by atoms with Crippen molar-refractivity contribution in [3.8, 4) is 0 Å². The van der Waals surface area contributed by atoms with Gasteiger partial charge in [-0.2, -0.15) is 0 Å². The maximum atomic E-state index is 6.78. The molecule has 0 spiro atoms. The Morgan fingerprint density at radius 3 is 2.51 bits per heavy atom. The number of hydrogen-bond donors (Lipinski definition) is 0. The number of para-hydroxylation sites is 2. The first kappa shape index (κ1) is 31.6. The minimum absolute atomic E-state index is 0.236. The van der Waals surface area contributed by atoms with Crippen molar-refractivity contribution < 1.29 is 9.15 Å². The monoisotopic (exact) mass is 673 g/mol. The van der Waals surface area contributed by atoms with Gasteiger partial charge < -0.3 is 14.1 Å². The fourth-order valence-electron chi connectivity index (χ4n) is 10.9. The van der Waals surface area contributed by atoms with Crippen LogP contribution in [0, 0.1) is 23.7 Å². The predicted molar refractivity (Wildman–Crippen MR) is 210 cm³/mol. The second-order valence-electron chi connectivity index (χ2n) is 16.2. The maximum Gasteiger partial charge on any atom is 0.143 e. The quantitative estimate of drug-likeness (QED) is 0.244. The number of fused-ring (bicyclic) bond motifs is 6. The average Bonchev–Trinajstić information content (AvgIpc) is 3.78. The van der Waals surface area contributed by atoms with Crippen molar-refractivity contribution in [1.82, 2.24) is 4.90 Å². The number of hydrogen-bond acceptors (Lipinski definition) is 3. The van der Waals surface area contributed by atoms with Crippen LogP contribution in [0.5, 0.6) is 0 Å². The van der Waals surface area contributed by atoms with Crippen molar-refractivity contribution in [3.63, 3.8) is 0 Å². The third kappa shape index (κ3) is 5.77. The van der Waals surface area contributed by atoms with Gasteiger partial charge in [-0.15, -0.1) is 0 Å². The van der Waals surface area contributed by atoms with Gasteiger partial charge in [-0.3, -0.25) is 0 Å². The first-order chi connectivity index (χ1) is 25.3. The van der Waals surface area contributed by atoms with Gasteiger partial charge in [0, 0.05) is 34.0 Å². The largest absolute Gasteiger partial charge is 0.455 e. The Bertz CT molecular complexity index is 2060. The molecule has 1 aliphatic heterocycles. The van der Waals surface area contributed by atoms with Crippen molar-refractivity contribution in [1.29, 1.82) is 0 Å². The topological polar surface area (TPSA) is 25.6 Å². The van der Waals surface area contributed by atoms with E-state index in [4.69, 9.17) is 9.15 Å². The van der Waals surface area contributed by atoms with Gasteiger partial charge in [-0.1, -0.05) is 115 Å². The van der Waals surface area contributed by atoms with E-state index in [9.17, 15) is 0 Å². The summed E-state index contributed by atoms with van der Waals surface area (Å²) in [6.45, 7) is 0. The SMILES string of the molecule is C1=CC2OC3C(=CCCC3C3CC=C(N(C4C=CC(c5cccc6c5oc5ccccc56)=CC4)C4CC=C(C5C=CCCC5)CC4)CC3)C2C=C1. The molecule has 0 bridgehead atoms. The Balaban J connectivity index is 0.910. The molecule has 2 aromatic carbocycles. The molecule has 0 amide bonds. The molecule has 8 unspecified atom stereocenters. The number of allylic oxidation sites excluding steroid dienone is 10.